The molecular weight excluding hydrogens is 292 g/mol. The van der Waals surface area contributed by atoms with E-state index >= 15 is 0 Å². The van der Waals surface area contributed by atoms with Crippen LogP contribution in [0.1, 0.15) is 25.7 Å². The summed E-state index contributed by atoms with van der Waals surface area (Å²) in [6.07, 6.45) is 3.00. The van der Waals surface area contributed by atoms with Crippen LogP contribution in [0.15, 0.2) is 30.3 Å². The second-order valence-electron chi connectivity index (χ2n) is 6.33. The highest BCUT2D eigenvalue weighted by atomic mass is 16.5. The van der Waals surface area contributed by atoms with Crippen LogP contribution in [0.25, 0.3) is 0 Å². The summed E-state index contributed by atoms with van der Waals surface area (Å²) in [5.74, 6) is 0.235. The Kier molecular flexibility index (Phi) is 4.96. The largest absolute Gasteiger partial charge is 0.368 e. The lowest BCUT2D eigenvalue weighted by molar-refractivity contribution is -0.143. The third-order valence-corrected chi connectivity index (χ3v) is 4.84. The standard InChI is InChI=1S/C18H24N2O3/c1-19(15-6-3-2-4-7-15)17(21)14-9-11-20(12-10-14)18(22)16-8-5-13-23-16/h2-4,6-7,14,16H,5,8-13H2,1H3. The molecule has 0 aromatic heterocycles. The summed E-state index contributed by atoms with van der Waals surface area (Å²) in [5.41, 5.74) is 0.912. The number of carbonyl (C=O) groups is 2. The van der Waals surface area contributed by atoms with Crippen molar-refractivity contribution in [1.29, 1.82) is 0 Å². The molecule has 5 nitrogen and oxygen atoms in total. The minimum Gasteiger partial charge on any atom is -0.368 e. The highest BCUT2D eigenvalue weighted by molar-refractivity contribution is 5.94. The number of para-hydroxylation sites is 1. The number of ether oxygens (including phenoxy) is 1. The summed E-state index contributed by atoms with van der Waals surface area (Å²) in [6, 6.07) is 9.68. The molecule has 2 saturated heterocycles. The molecule has 2 fully saturated rings. The number of nitrogens with zero attached hydrogens (tertiary/aromatic N) is 2. The van der Waals surface area contributed by atoms with Crippen molar-refractivity contribution >= 4 is 17.5 Å². The highest BCUT2D eigenvalue weighted by Gasteiger charge is 2.33. The van der Waals surface area contributed by atoms with Crippen LogP contribution in [0, 0.1) is 5.92 Å². The summed E-state index contributed by atoms with van der Waals surface area (Å²) in [6.45, 7) is 1.99. The van der Waals surface area contributed by atoms with E-state index in [4.69, 9.17) is 4.74 Å². The zero-order valence-corrected chi connectivity index (χ0v) is 13.6. The zero-order valence-electron chi connectivity index (χ0n) is 13.6. The average Bonchev–Trinajstić information content (AvgIpc) is 3.15. The SMILES string of the molecule is CN(C(=O)C1CCN(C(=O)C2CCCO2)CC1)c1ccccc1. The maximum Gasteiger partial charge on any atom is 0.251 e. The fraction of sp³-hybridized carbons (Fsp3) is 0.556. The Labute approximate surface area is 137 Å². The van der Waals surface area contributed by atoms with Crippen LogP contribution in [-0.2, 0) is 14.3 Å². The van der Waals surface area contributed by atoms with E-state index in [1.807, 2.05) is 42.3 Å². The van der Waals surface area contributed by atoms with Crippen LogP contribution < -0.4 is 4.90 Å². The van der Waals surface area contributed by atoms with Crippen LogP contribution in [0.2, 0.25) is 0 Å². The number of rotatable bonds is 3. The highest BCUT2D eigenvalue weighted by Crippen LogP contribution is 2.24. The van der Waals surface area contributed by atoms with Gasteiger partial charge in [-0.15, -0.1) is 0 Å². The molecule has 0 bridgehead atoms. The molecule has 1 aromatic carbocycles. The van der Waals surface area contributed by atoms with Crippen molar-refractivity contribution in [2.45, 2.75) is 31.8 Å². The van der Waals surface area contributed by atoms with Gasteiger partial charge in [-0.25, -0.2) is 0 Å². The van der Waals surface area contributed by atoms with Crippen molar-refractivity contribution in [2.24, 2.45) is 5.92 Å². The monoisotopic (exact) mass is 316 g/mol. The first-order chi connectivity index (χ1) is 11.2. The maximum atomic E-state index is 12.6. The van der Waals surface area contributed by atoms with Gasteiger partial charge in [0.2, 0.25) is 5.91 Å². The van der Waals surface area contributed by atoms with Gasteiger partial charge in [0.05, 0.1) is 0 Å². The Morgan fingerprint density at radius 3 is 2.43 bits per heavy atom. The van der Waals surface area contributed by atoms with Crippen LogP contribution in [-0.4, -0.2) is 49.6 Å². The predicted octanol–water partition coefficient (Wildman–Crippen LogP) is 2.07. The molecule has 0 radical (unpaired) electrons. The van der Waals surface area contributed by atoms with Gasteiger partial charge in [0.1, 0.15) is 6.10 Å². The van der Waals surface area contributed by atoms with Crippen LogP contribution in [0.4, 0.5) is 5.69 Å². The molecule has 2 aliphatic rings. The molecule has 0 spiro atoms. The third-order valence-electron chi connectivity index (χ3n) is 4.84. The molecule has 1 atom stereocenters. The summed E-state index contributed by atoms with van der Waals surface area (Å²) in [4.78, 5) is 28.6. The fourth-order valence-electron chi connectivity index (χ4n) is 3.38. The van der Waals surface area contributed by atoms with Gasteiger partial charge in [0.25, 0.3) is 5.91 Å². The molecule has 3 rings (SSSR count). The molecule has 124 valence electrons. The van der Waals surface area contributed by atoms with Gasteiger partial charge in [0.15, 0.2) is 0 Å². The number of hydrogen-bond donors (Lipinski definition) is 0. The van der Waals surface area contributed by atoms with Gasteiger partial charge in [-0.3, -0.25) is 9.59 Å². The quantitative estimate of drug-likeness (QED) is 0.858. The molecule has 2 aliphatic heterocycles. The van der Waals surface area contributed by atoms with Crippen molar-refractivity contribution in [2.75, 3.05) is 31.6 Å². The number of likely N-dealkylation sites (tertiary alicyclic amines) is 1. The first-order valence-electron chi connectivity index (χ1n) is 8.40. The van der Waals surface area contributed by atoms with E-state index in [1.165, 1.54) is 0 Å². The van der Waals surface area contributed by atoms with Gasteiger partial charge in [-0.2, -0.15) is 0 Å². The molecule has 0 N–H and O–H groups in total. The summed E-state index contributed by atoms with van der Waals surface area (Å²) >= 11 is 0. The number of benzene rings is 1. The number of anilines is 1. The van der Waals surface area contributed by atoms with Crippen molar-refractivity contribution in [3.8, 4) is 0 Å². The van der Waals surface area contributed by atoms with Crippen molar-refractivity contribution in [3.63, 3.8) is 0 Å². The number of amides is 2. The lowest BCUT2D eigenvalue weighted by Crippen LogP contribution is -2.46. The van der Waals surface area contributed by atoms with Gasteiger partial charge in [-0.1, -0.05) is 18.2 Å². The second-order valence-corrected chi connectivity index (χ2v) is 6.33. The fourth-order valence-corrected chi connectivity index (χ4v) is 3.38. The van der Waals surface area contributed by atoms with Gasteiger partial charge in [-0.05, 0) is 37.8 Å². The maximum absolute atomic E-state index is 12.6. The van der Waals surface area contributed by atoms with Crippen LogP contribution in [0.5, 0.6) is 0 Å². The topological polar surface area (TPSA) is 49.9 Å². The first-order valence-corrected chi connectivity index (χ1v) is 8.40. The van der Waals surface area contributed by atoms with E-state index < -0.39 is 0 Å². The molecule has 2 heterocycles. The van der Waals surface area contributed by atoms with E-state index in [0.717, 1.165) is 31.4 Å². The molecule has 1 aromatic rings. The van der Waals surface area contributed by atoms with Crippen LogP contribution in [0.3, 0.4) is 0 Å². The normalized spacial score (nSPS) is 22.1. The van der Waals surface area contributed by atoms with E-state index in [9.17, 15) is 9.59 Å². The van der Waals surface area contributed by atoms with E-state index in [0.29, 0.717) is 19.7 Å². The van der Waals surface area contributed by atoms with E-state index in [2.05, 4.69) is 0 Å². The molecule has 5 heteroatoms. The van der Waals surface area contributed by atoms with Crippen LogP contribution >= 0.6 is 0 Å². The molecular formula is C18H24N2O3. The first kappa shape index (κ1) is 16.0. The minimum absolute atomic E-state index is 0.00578. The Morgan fingerprint density at radius 1 is 1.13 bits per heavy atom. The molecule has 0 aliphatic carbocycles. The van der Waals surface area contributed by atoms with Gasteiger partial charge < -0.3 is 14.5 Å². The van der Waals surface area contributed by atoms with Crippen molar-refractivity contribution < 1.29 is 14.3 Å². The molecule has 1 unspecified atom stereocenters. The summed E-state index contributed by atoms with van der Waals surface area (Å²) in [7, 11) is 1.82. The van der Waals surface area contributed by atoms with E-state index in [-0.39, 0.29) is 23.8 Å². The Hall–Kier alpha value is -1.88. The van der Waals surface area contributed by atoms with E-state index in [1.54, 1.807) is 4.90 Å². The summed E-state index contributed by atoms with van der Waals surface area (Å²) in [5, 5.41) is 0. The number of carbonyl (C=O) groups excluding carboxylic acids is 2. The second kappa shape index (κ2) is 7.13. The zero-order chi connectivity index (χ0) is 16.2. The smallest absolute Gasteiger partial charge is 0.251 e. The molecule has 0 saturated carbocycles. The van der Waals surface area contributed by atoms with Gasteiger partial charge in [0, 0.05) is 38.3 Å². The van der Waals surface area contributed by atoms with Crippen molar-refractivity contribution in [3.05, 3.63) is 30.3 Å². The number of piperidine rings is 1. The molecule has 2 amide bonds. The molecule has 23 heavy (non-hydrogen) atoms. The summed E-state index contributed by atoms with van der Waals surface area (Å²) < 4.78 is 5.47. The number of hydrogen-bond acceptors (Lipinski definition) is 3. The Morgan fingerprint density at radius 2 is 1.83 bits per heavy atom. The minimum atomic E-state index is -0.255. The lowest BCUT2D eigenvalue weighted by atomic mass is 9.94. The van der Waals surface area contributed by atoms with Crippen molar-refractivity contribution in [1.82, 2.24) is 4.90 Å². The Balaban J connectivity index is 1.54. The third kappa shape index (κ3) is 3.55. The predicted molar refractivity (Wildman–Crippen MR) is 88.1 cm³/mol. The lowest BCUT2D eigenvalue weighted by Gasteiger charge is -2.34. The average molecular weight is 316 g/mol. The Bertz CT molecular complexity index is 547. The van der Waals surface area contributed by atoms with Gasteiger partial charge >= 0.3 is 0 Å².